The number of hydrazone groups is 1. The largest absolute Gasteiger partial charge is 0.417 e. The number of nitrogens with one attached hydrogen (secondary N) is 2. The van der Waals surface area contributed by atoms with E-state index in [0.717, 1.165) is 12.3 Å². The summed E-state index contributed by atoms with van der Waals surface area (Å²) in [4.78, 5) is 10.6. The fourth-order valence-electron chi connectivity index (χ4n) is 1.06. The van der Waals surface area contributed by atoms with Crippen molar-refractivity contribution in [3.63, 3.8) is 0 Å². The van der Waals surface area contributed by atoms with E-state index in [0.29, 0.717) is 0 Å². The molecule has 0 unspecified atom stereocenters. The summed E-state index contributed by atoms with van der Waals surface area (Å²) in [6.45, 7) is 0. The summed E-state index contributed by atoms with van der Waals surface area (Å²) in [5, 5.41) is 3.32. The van der Waals surface area contributed by atoms with Crippen LogP contribution in [0.1, 0.15) is 11.1 Å². The van der Waals surface area contributed by atoms with E-state index in [4.69, 9.17) is 5.84 Å². The third kappa shape index (κ3) is 3.76. The third-order valence-corrected chi connectivity index (χ3v) is 1.77. The lowest BCUT2D eigenvalue weighted by Crippen LogP contribution is -2.37. The number of urea groups is 1. The van der Waals surface area contributed by atoms with Gasteiger partial charge in [0, 0.05) is 5.56 Å². The number of nitrogens with zero attached hydrogens (tertiary/aromatic N) is 1. The second-order valence-corrected chi connectivity index (χ2v) is 2.93. The van der Waals surface area contributed by atoms with Gasteiger partial charge in [0.25, 0.3) is 0 Å². The Bertz CT molecular complexity index is 430. The highest BCUT2D eigenvalue weighted by Gasteiger charge is 2.32. The first-order chi connectivity index (χ1) is 7.95. The Kier molecular flexibility index (Phi) is 4.05. The molecule has 5 nitrogen and oxygen atoms in total. The van der Waals surface area contributed by atoms with Gasteiger partial charge in [-0.3, -0.25) is 5.43 Å². The lowest BCUT2D eigenvalue weighted by molar-refractivity contribution is -0.137. The summed E-state index contributed by atoms with van der Waals surface area (Å²) in [6.07, 6.45) is -3.59. The number of rotatable bonds is 2. The van der Waals surface area contributed by atoms with Crippen molar-refractivity contribution in [2.24, 2.45) is 10.9 Å². The number of hydrogen-bond donors (Lipinski definition) is 3. The van der Waals surface area contributed by atoms with Crippen molar-refractivity contribution in [2.45, 2.75) is 6.18 Å². The second-order valence-electron chi connectivity index (χ2n) is 2.93. The lowest BCUT2D eigenvalue weighted by atomic mass is 10.1. The van der Waals surface area contributed by atoms with Gasteiger partial charge < -0.3 is 0 Å². The molecule has 0 atom stereocenters. The maximum absolute atomic E-state index is 12.5. The van der Waals surface area contributed by atoms with Crippen molar-refractivity contribution in [3.8, 4) is 0 Å². The van der Waals surface area contributed by atoms with Gasteiger partial charge in [-0.25, -0.2) is 16.1 Å². The van der Waals surface area contributed by atoms with E-state index in [-0.39, 0.29) is 5.56 Å². The van der Waals surface area contributed by atoms with Gasteiger partial charge >= 0.3 is 12.2 Å². The van der Waals surface area contributed by atoms with Crippen LogP contribution in [0.5, 0.6) is 0 Å². The highest BCUT2D eigenvalue weighted by atomic mass is 19.4. The van der Waals surface area contributed by atoms with Crippen LogP contribution >= 0.6 is 0 Å². The molecule has 17 heavy (non-hydrogen) atoms. The SMILES string of the molecule is NNC(=O)N/N=C/c1ccccc1C(F)(F)F. The molecular formula is C9H9F3N4O. The van der Waals surface area contributed by atoms with Crippen molar-refractivity contribution in [2.75, 3.05) is 0 Å². The second kappa shape index (κ2) is 5.30. The molecular weight excluding hydrogens is 237 g/mol. The number of nitrogens with two attached hydrogens (primary N) is 1. The number of alkyl halides is 3. The van der Waals surface area contributed by atoms with Crippen LogP contribution in [0.15, 0.2) is 29.4 Å². The van der Waals surface area contributed by atoms with Crippen molar-refractivity contribution < 1.29 is 18.0 Å². The molecule has 0 heterocycles. The first kappa shape index (κ1) is 13.0. The molecule has 0 fully saturated rings. The van der Waals surface area contributed by atoms with Crippen LogP contribution in [-0.2, 0) is 6.18 Å². The minimum atomic E-state index is -4.47. The number of hydrogen-bond acceptors (Lipinski definition) is 3. The topological polar surface area (TPSA) is 79.5 Å². The van der Waals surface area contributed by atoms with Gasteiger partial charge in [-0.05, 0) is 6.07 Å². The molecule has 0 aliphatic carbocycles. The van der Waals surface area contributed by atoms with Crippen molar-refractivity contribution in [1.29, 1.82) is 0 Å². The molecule has 8 heteroatoms. The highest BCUT2D eigenvalue weighted by Crippen LogP contribution is 2.30. The summed E-state index contributed by atoms with van der Waals surface area (Å²) < 4.78 is 37.6. The summed E-state index contributed by atoms with van der Waals surface area (Å²) in [6, 6.07) is 4.02. The molecule has 0 aromatic heterocycles. The highest BCUT2D eigenvalue weighted by molar-refractivity contribution is 5.83. The minimum Gasteiger partial charge on any atom is -0.274 e. The molecule has 1 rings (SSSR count). The van der Waals surface area contributed by atoms with Crippen LogP contribution < -0.4 is 16.7 Å². The first-order valence-corrected chi connectivity index (χ1v) is 4.41. The number of amides is 2. The monoisotopic (exact) mass is 246 g/mol. The van der Waals surface area contributed by atoms with Crippen LogP contribution in [0.25, 0.3) is 0 Å². The Morgan fingerprint density at radius 2 is 2.00 bits per heavy atom. The smallest absolute Gasteiger partial charge is 0.274 e. The van der Waals surface area contributed by atoms with E-state index < -0.39 is 17.8 Å². The molecule has 92 valence electrons. The maximum atomic E-state index is 12.5. The quantitative estimate of drug-likeness (QED) is 0.317. The summed E-state index contributed by atoms with van der Waals surface area (Å²) in [5.41, 5.74) is 2.61. The molecule has 0 radical (unpaired) electrons. The average Bonchev–Trinajstić information content (AvgIpc) is 2.28. The molecule has 0 aliphatic heterocycles. The van der Waals surface area contributed by atoms with Crippen molar-refractivity contribution >= 4 is 12.2 Å². The van der Waals surface area contributed by atoms with Gasteiger partial charge in [0.1, 0.15) is 0 Å². The number of carbonyl (C=O) groups excluding carboxylic acids is 1. The lowest BCUT2D eigenvalue weighted by Gasteiger charge is -2.09. The summed E-state index contributed by atoms with van der Waals surface area (Å²) in [5.74, 6) is 4.73. The average molecular weight is 246 g/mol. The predicted octanol–water partition coefficient (Wildman–Crippen LogP) is 1.21. The zero-order valence-corrected chi connectivity index (χ0v) is 8.45. The van der Waals surface area contributed by atoms with E-state index >= 15 is 0 Å². The zero-order chi connectivity index (χ0) is 12.9. The molecule has 0 bridgehead atoms. The number of benzene rings is 1. The van der Waals surface area contributed by atoms with Crippen molar-refractivity contribution in [1.82, 2.24) is 10.9 Å². The molecule has 1 aromatic rings. The van der Waals surface area contributed by atoms with E-state index in [9.17, 15) is 18.0 Å². The Morgan fingerprint density at radius 1 is 1.35 bits per heavy atom. The number of halogens is 3. The third-order valence-electron chi connectivity index (χ3n) is 1.77. The molecule has 0 saturated heterocycles. The van der Waals surface area contributed by atoms with Gasteiger partial charge in [0.15, 0.2) is 0 Å². The molecule has 1 aromatic carbocycles. The number of carbonyl (C=O) groups is 1. The van der Waals surface area contributed by atoms with Gasteiger partial charge in [-0.15, -0.1) is 0 Å². The minimum absolute atomic E-state index is 0.155. The summed E-state index contributed by atoms with van der Waals surface area (Å²) in [7, 11) is 0. The van der Waals surface area contributed by atoms with E-state index in [1.165, 1.54) is 18.2 Å². The van der Waals surface area contributed by atoms with Crippen LogP contribution in [0.4, 0.5) is 18.0 Å². The van der Waals surface area contributed by atoms with Gasteiger partial charge in [0.05, 0.1) is 11.8 Å². The Morgan fingerprint density at radius 3 is 2.59 bits per heavy atom. The van der Waals surface area contributed by atoms with Crippen LogP contribution in [-0.4, -0.2) is 12.2 Å². The van der Waals surface area contributed by atoms with Crippen LogP contribution in [0, 0.1) is 0 Å². The molecule has 2 amide bonds. The molecule has 4 N–H and O–H groups in total. The Hall–Kier alpha value is -2.09. The molecule has 0 aliphatic rings. The van der Waals surface area contributed by atoms with Gasteiger partial charge in [-0.1, -0.05) is 18.2 Å². The first-order valence-electron chi connectivity index (χ1n) is 4.41. The molecule has 0 saturated carbocycles. The Balaban J connectivity index is 2.88. The Labute approximate surface area is 94.5 Å². The van der Waals surface area contributed by atoms with Crippen molar-refractivity contribution in [3.05, 3.63) is 35.4 Å². The summed E-state index contributed by atoms with van der Waals surface area (Å²) >= 11 is 0. The standard InChI is InChI=1S/C9H9F3N4O/c10-9(11,12)7-4-2-1-3-6(7)5-14-16-8(17)15-13/h1-5H,13H2,(H2,15,16,17)/b14-5+. The fraction of sp³-hybridized carbons (Fsp3) is 0.111. The maximum Gasteiger partial charge on any atom is 0.417 e. The normalized spacial score (nSPS) is 11.5. The van der Waals surface area contributed by atoms with Crippen LogP contribution in [0.2, 0.25) is 0 Å². The van der Waals surface area contributed by atoms with E-state index in [1.54, 1.807) is 5.43 Å². The predicted molar refractivity (Wildman–Crippen MR) is 54.9 cm³/mol. The fourth-order valence-corrected chi connectivity index (χ4v) is 1.06. The molecule has 0 spiro atoms. The van der Waals surface area contributed by atoms with Crippen LogP contribution in [0.3, 0.4) is 0 Å². The van der Waals surface area contributed by atoms with Gasteiger partial charge in [-0.2, -0.15) is 18.3 Å². The number of hydrazine groups is 1. The zero-order valence-electron chi connectivity index (χ0n) is 8.45. The van der Waals surface area contributed by atoms with Gasteiger partial charge in [0.2, 0.25) is 0 Å². The van der Waals surface area contributed by atoms with E-state index in [1.807, 2.05) is 5.43 Å². The van der Waals surface area contributed by atoms with E-state index in [2.05, 4.69) is 5.10 Å².